The molecule has 1 heterocycles. The Kier molecular flexibility index (Phi) is 3.29. The normalized spacial score (nSPS) is 42.0. The lowest BCUT2D eigenvalue weighted by molar-refractivity contribution is -0.321. The Labute approximate surface area is 66.3 Å². The molecule has 1 fully saturated rings. The van der Waals surface area contributed by atoms with Crippen molar-refractivity contribution in [3.8, 4) is 0 Å². The van der Waals surface area contributed by atoms with Crippen LogP contribution in [0.4, 0.5) is 9.05 Å². The Bertz CT molecular complexity index is 144. The highest BCUT2D eigenvalue weighted by Crippen LogP contribution is 2.24. The summed E-state index contributed by atoms with van der Waals surface area (Å²) in [6.45, 7) is -0.569. The summed E-state index contributed by atoms with van der Waals surface area (Å²) in [6, 6.07) is 0. The first-order valence-electron chi connectivity index (χ1n) is 3.23. The van der Waals surface area contributed by atoms with Gasteiger partial charge < -0.3 is 14.9 Å². The summed E-state index contributed by atoms with van der Waals surface area (Å²) in [7, 11) is 0. The molecule has 2 N–H and O–H groups in total. The monoisotopic (exact) mass is 186 g/mol. The zero-order valence-corrected chi connectivity index (χ0v) is 5.89. The zero-order valence-electron chi connectivity index (χ0n) is 5.89. The van der Waals surface area contributed by atoms with E-state index in [1.54, 1.807) is 0 Å². The maximum Gasteiger partial charge on any atom is 0.229 e. The van der Waals surface area contributed by atoms with E-state index in [0.717, 1.165) is 0 Å². The third kappa shape index (κ3) is 1.54. The second kappa shape index (κ2) is 4.06. The molecule has 0 aromatic heterocycles. The largest absolute Gasteiger partial charge is 0.394 e. The SMILES string of the molecule is OC[C@H]1OC(OF)[C@H](OF)[C@@H]1O. The molecule has 0 saturated carbocycles. The lowest BCUT2D eigenvalue weighted by Gasteiger charge is -2.11. The van der Waals surface area contributed by atoms with Crippen molar-refractivity contribution in [1.29, 1.82) is 0 Å². The molecule has 5 nitrogen and oxygen atoms in total. The molecule has 1 aliphatic heterocycles. The van der Waals surface area contributed by atoms with Crippen LogP contribution in [0.3, 0.4) is 0 Å². The number of hydrogen-bond donors (Lipinski definition) is 2. The number of aliphatic hydroxyl groups excluding tert-OH is 2. The smallest absolute Gasteiger partial charge is 0.229 e. The molecule has 72 valence electrons. The summed E-state index contributed by atoms with van der Waals surface area (Å²) in [6.07, 6.45) is -5.73. The number of halogens is 2. The molecule has 7 heteroatoms. The average molecular weight is 186 g/mol. The van der Waals surface area contributed by atoms with Crippen LogP contribution in [-0.4, -0.2) is 41.4 Å². The van der Waals surface area contributed by atoms with Crippen molar-refractivity contribution in [2.45, 2.75) is 24.6 Å². The third-order valence-corrected chi connectivity index (χ3v) is 1.67. The van der Waals surface area contributed by atoms with Crippen LogP contribution in [0.5, 0.6) is 0 Å². The standard InChI is InChI=1S/C5H8F2O5/c6-11-4-3(9)2(1-8)10-5(4)12-7/h2-5,8-9H,1H2/t2-,3-,4-,5?/m1/s1. The van der Waals surface area contributed by atoms with Gasteiger partial charge in [0.1, 0.15) is 12.2 Å². The summed E-state index contributed by atoms with van der Waals surface area (Å²) in [5, 5.41) is 17.6. The lowest BCUT2D eigenvalue weighted by Crippen LogP contribution is -2.34. The minimum Gasteiger partial charge on any atom is -0.394 e. The quantitative estimate of drug-likeness (QED) is 0.606. The highest BCUT2D eigenvalue weighted by atomic mass is 19.3. The molecule has 12 heavy (non-hydrogen) atoms. The van der Waals surface area contributed by atoms with Gasteiger partial charge in [-0.2, -0.15) is 9.88 Å². The summed E-state index contributed by atoms with van der Waals surface area (Å²) in [5.41, 5.74) is 0. The number of ether oxygens (including phenoxy) is 1. The van der Waals surface area contributed by atoms with Gasteiger partial charge in [0.2, 0.25) is 6.29 Å². The van der Waals surface area contributed by atoms with Gasteiger partial charge in [-0.3, -0.25) is 0 Å². The molecule has 0 aromatic rings. The number of hydrogen-bond acceptors (Lipinski definition) is 5. The highest BCUT2D eigenvalue weighted by molar-refractivity contribution is 4.86. The summed E-state index contributed by atoms with van der Waals surface area (Å²) in [5.74, 6) is 0. The van der Waals surface area contributed by atoms with E-state index in [1.807, 2.05) is 0 Å². The van der Waals surface area contributed by atoms with Crippen molar-refractivity contribution in [2.24, 2.45) is 0 Å². The number of rotatable bonds is 3. The van der Waals surface area contributed by atoms with Gasteiger partial charge in [0.05, 0.1) is 6.61 Å². The fraction of sp³-hybridized carbons (Fsp3) is 1.00. The maximum absolute atomic E-state index is 11.6. The molecule has 0 amide bonds. The van der Waals surface area contributed by atoms with E-state index < -0.39 is 31.2 Å². The van der Waals surface area contributed by atoms with E-state index in [9.17, 15) is 9.05 Å². The minimum absolute atomic E-state index is 0.569. The van der Waals surface area contributed by atoms with Crippen molar-refractivity contribution in [2.75, 3.05) is 6.61 Å². The van der Waals surface area contributed by atoms with Gasteiger partial charge in [-0.1, -0.05) is 0 Å². The zero-order chi connectivity index (χ0) is 9.14. The van der Waals surface area contributed by atoms with Crippen LogP contribution >= 0.6 is 0 Å². The molecule has 0 radical (unpaired) electrons. The second-order valence-electron chi connectivity index (χ2n) is 2.36. The van der Waals surface area contributed by atoms with Crippen LogP contribution in [-0.2, 0) is 14.6 Å². The molecule has 1 saturated heterocycles. The first kappa shape index (κ1) is 9.75. The molecule has 0 aliphatic carbocycles. The van der Waals surface area contributed by atoms with Gasteiger partial charge in [0.15, 0.2) is 6.10 Å². The van der Waals surface area contributed by atoms with Crippen LogP contribution in [0.2, 0.25) is 0 Å². The van der Waals surface area contributed by atoms with Crippen molar-refractivity contribution >= 4 is 0 Å². The van der Waals surface area contributed by atoms with E-state index in [0.29, 0.717) is 0 Å². The Morgan fingerprint density at radius 2 is 2.00 bits per heavy atom. The van der Waals surface area contributed by atoms with E-state index in [2.05, 4.69) is 14.6 Å². The average Bonchev–Trinajstić information content (AvgIpc) is 2.41. The Morgan fingerprint density at radius 3 is 2.33 bits per heavy atom. The first-order chi connectivity index (χ1) is 5.74. The van der Waals surface area contributed by atoms with Gasteiger partial charge >= 0.3 is 0 Å². The van der Waals surface area contributed by atoms with Crippen LogP contribution in [0.25, 0.3) is 0 Å². The fourth-order valence-electron chi connectivity index (χ4n) is 1.02. The van der Waals surface area contributed by atoms with Crippen LogP contribution < -0.4 is 0 Å². The number of aliphatic hydroxyl groups is 2. The van der Waals surface area contributed by atoms with Crippen LogP contribution in [0, 0.1) is 0 Å². The van der Waals surface area contributed by atoms with E-state index >= 15 is 0 Å². The molecule has 4 atom stereocenters. The van der Waals surface area contributed by atoms with Crippen molar-refractivity contribution < 1.29 is 33.9 Å². The predicted octanol–water partition coefficient (Wildman–Crippen LogP) is -0.765. The topological polar surface area (TPSA) is 68.2 Å². The Morgan fingerprint density at radius 1 is 1.33 bits per heavy atom. The van der Waals surface area contributed by atoms with Crippen molar-refractivity contribution in [3.63, 3.8) is 0 Å². The van der Waals surface area contributed by atoms with E-state index in [1.165, 1.54) is 0 Å². The maximum atomic E-state index is 11.6. The summed E-state index contributed by atoms with van der Waals surface area (Å²) >= 11 is 0. The van der Waals surface area contributed by atoms with Gasteiger partial charge in [-0.25, -0.2) is 0 Å². The fourth-order valence-corrected chi connectivity index (χ4v) is 1.02. The van der Waals surface area contributed by atoms with Gasteiger partial charge in [0.25, 0.3) is 0 Å². The van der Waals surface area contributed by atoms with Gasteiger partial charge in [-0.15, -0.1) is 0 Å². The Hall–Kier alpha value is -0.340. The summed E-state index contributed by atoms with van der Waals surface area (Å²) in [4.78, 5) is 6.37. The molecule has 0 bridgehead atoms. The van der Waals surface area contributed by atoms with Crippen molar-refractivity contribution in [3.05, 3.63) is 0 Å². The summed E-state index contributed by atoms with van der Waals surface area (Å²) < 4.78 is 27.7. The molecular formula is C5H8F2O5. The van der Waals surface area contributed by atoms with E-state index in [-0.39, 0.29) is 0 Å². The van der Waals surface area contributed by atoms with E-state index in [4.69, 9.17) is 10.2 Å². The second-order valence-corrected chi connectivity index (χ2v) is 2.36. The minimum atomic E-state index is -1.64. The molecule has 1 unspecified atom stereocenters. The predicted molar refractivity (Wildman–Crippen MR) is 29.9 cm³/mol. The van der Waals surface area contributed by atoms with Crippen LogP contribution in [0.15, 0.2) is 0 Å². The molecular weight excluding hydrogens is 178 g/mol. The highest BCUT2D eigenvalue weighted by Gasteiger charge is 2.46. The third-order valence-electron chi connectivity index (χ3n) is 1.67. The molecule has 1 rings (SSSR count). The molecule has 1 aliphatic rings. The Balaban J connectivity index is 2.58. The lowest BCUT2D eigenvalue weighted by atomic mass is 10.1. The first-order valence-corrected chi connectivity index (χ1v) is 3.23. The van der Waals surface area contributed by atoms with Gasteiger partial charge in [-0.05, 0) is 9.05 Å². The van der Waals surface area contributed by atoms with Crippen LogP contribution in [0.1, 0.15) is 0 Å². The van der Waals surface area contributed by atoms with Gasteiger partial charge in [0, 0.05) is 0 Å². The van der Waals surface area contributed by atoms with Crippen molar-refractivity contribution in [1.82, 2.24) is 0 Å². The molecule has 0 aromatic carbocycles. The molecule has 0 spiro atoms.